The average Bonchev–Trinajstić information content (AvgIpc) is 3.33. The van der Waals surface area contributed by atoms with Gasteiger partial charge in [0.05, 0.1) is 22.9 Å². The first-order valence-electron chi connectivity index (χ1n) is 8.94. The number of benzene rings is 2. The van der Waals surface area contributed by atoms with Crippen LogP contribution >= 0.6 is 11.3 Å². The van der Waals surface area contributed by atoms with E-state index in [1.165, 1.54) is 10.9 Å². The average molecular weight is 401 g/mol. The zero-order chi connectivity index (χ0) is 19.8. The molecule has 2 aromatic carbocycles. The van der Waals surface area contributed by atoms with Crippen molar-refractivity contribution in [1.29, 1.82) is 0 Å². The van der Waals surface area contributed by atoms with Gasteiger partial charge in [-0.25, -0.2) is 9.97 Å². The second-order valence-electron chi connectivity index (χ2n) is 6.54. The highest BCUT2D eigenvalue weighted by atomic mass is 32.1. The van der Waals surface area contributed by atoms with Gasteiger partial charge in [0.25, 0.3) is 5.56 Å². The molecule has 0 atom stereocenters. The highest BCUT2D eigenvalue weighted by molar-refractivity contribution is 7.15. The summed E-state index contributed by atoms with van der Waals surface area (Å²) < 4.78 is 3.27. The lowest BCUT2D eigenvalue weighted by Gasteiger charge is -2.09. The lowest BCUT2D eigenvalue weighted by Crippen LogP contribution is -2.27. The van der Waals surface area contributed by atoms with Crippen LogP contribution in [-0.2, 0) is 11.3 Å². The van der Waals surface area contributed by atoms with Crippen molar-refractivity contribution in [3.63, 3.8) is 0 Å². The maximum atomic E-state index is 12.5. The summed E-state index contributed by atoms with van der Waals surface area (Å²) in [5.41, 5.74) is 2.76. The number of thiazole rings is 1. The number of amides is 1. The summed E-state index contributed by atoms with van der Waals surface area (Å²) in [7, 11) is 0. The second kappa shape index (κ2) is 6.99. The summed E-state index contributed by atoms with van der Waals surface area (Å²) in [6.45, 7) is -0.110. The molecule has 1 N–H and O–H groups in total. The first-order chi connectivity index (χ1) is 14.2. The molecule has 142 valence electrons. The third-order valence-corrected chi connectivity index (χ3v) is 5.35. The molecule has 3 heterocycles. The number of nitrogens with one attached hydrogen (secondary N) is 1. The number of rotatable bonds is 4. The van der Waals surface area contributed by atoms with E-state index < -0.39 is 0 Å². The van der Waals surface area contributed by atoms with Crippen LogP contribution in [0.3, 0.4) is 0 Å². The van der Waals surface area contributed by atoms with Crippen molar-refractivity contribution in [3.05, 3.63) is 83.0 Å². The monoisotopic (exact) mass is 401 g/mol. The summed E-state index contributed by atoms with van der Waals surface area (Å²) in [5, 5.41) is 5.31. The van der Waals surface area contributed by atoms with E-state index in [-0.39, 0.29) is 18.0 Å². The maximum absolute atomic E-state index is 12.5. The van der Waals surface area contributed by atoms with Crippen molar-refractivity contribution in [2.24, 2.45) is 0 Å². The highest BCUT2D eigenvalue weighted by Crippen LogP contribution is 2.24. The van der Waals surface area contributed by atoms with Crippen LogP contribution in [-0.4, -0.2) is 24.8 Å². The van der Waals surface area contributed by atoms with Gasteiger partial charge < -0.3 is 5.32 Å². The van der Waals surface area contributed by atoms with Crippen molar-refractivity contribution in [1.82, 2.24) is 18.9 Å². The molecule has 5 rings (SSSR count). The van der Waals surface area contributed by atoms with Gasteiger partial charge in [0.15, 0.2) is 4.96 Å². The fraction of sp³-hybridized carbons (Fsp3) is 0.0476. The van der Waals surface area contributed by atoms with Crippen molar-refractivity contribution in [3.8, 4) is 11.3 Å². The topological polar surface area (TPSA) is 81.3 Å². The minimum absolute atomic E-state index is 0.110. The summed E-state index contributed by atoms with van der Waals surface area (Å²) in [5.74, 6) is -0.299. The van der Waals surface area contributed by atoms with E-state index in [2.05, 4.69) is 15.3 Å². The molecule has 5 aromatic rings. The van der Waals surface area contributed by atoms with Crippen LogP contribution < -0.4 is 10.9 Å². The molecule has 0 fully saturated rings. The molecule has 0 spiro atoms. The standard InChI is InChI=1S/C21H15N5O2S/c27-19(12-26-13-22-17-7-2-1-6-16(17)20(26)28)23-15-5-3-4-14(10-15)18-11-25-8-9-29-21(25)24-18/h1-11,13H,12H2,(H,23,27). The molecule has 0 radical (unpaired) electrons. The van der Waals surface area contributed by atoms with Gasteiger partial charge in [0, 0.05) is 29.0 Å². The molecular weight excluding hydrogens is 386 g/mol. The molecule has 0 unspecified atom stereocenters. The molecule has 0 aliphatic heterocycles. The van der Waals surface area contributed by atoms with Crippen molar-refractivity contribution >= 4 is 38.8 Å². The number of nitrogens with zero attached hydrogens (tertiary/aromatic N) is 4. The van der Waals surface area contributed by atoms with Gasteiger partial charge in [-0.3, -0.25) is 18.6 Å². The molecule has 0 aliphatic rings. The van der Waals surface area contributed by atoms with E-state index in [0.717, 1.165) is 16.2 Å². The SMILES string of the molecule is O=C(Cn1cnc2ccccc2c1=O)Nc1cccc(-c2cn3ccsc3n2)c1. The Morgan fingerprint density at radius 1 is 1.14 bits per heavy atom. The molecule has 0 aliphatic carbocycles. The molecule has 8 heteroatoms. The summed E-state index contributed by atoms with van der Waals surface area (Å²) in [4.78, 5) is 34.8. The Morgan fingerprint density at radius 2 is 2.03 bits per heavy atom. The molecule has 0 saturated heterocycles. The van der Waals surface area contributed by atoms with E-state index in [9.17, 15) is 9.59 Å². The van der Waals surface area contributed by atoms with Gasteiger partial charge in [-0.15, -0.1) is 11.3 Å². The largest absolute Gasteiger partial charge is 0.325 e. The van der Waals surface area contributed by atoms with Crippen LogP contribution in [0.5, 0.6) is 0 Å². The van der Waals surface area contributed by atoms with Crippen molar-refractivity contribution in [2.75, 3.05) is 5.32 Å². The van der Waals surface area contributed by atoms with Crippen LogP contribution in [0, 0.1) is 0 Å². The summed E-state index contributed by atoms with van der Waals surface area (Å²) >= 11 is 1.56. The quantitative estimate of drug-likeness (QED) is 0.500. The third-order valence-electron chi connectivity index (χ3n) is 4.58. The Hall–Kier alpha value is -3.78. The number of carbonyl (C=O) groups is 1. The van der Waals surface area contributed by atoms with Gasteiger partial charge in [-0.1, -0.05) is 24.3 Å². The van der Waals surface area contributed by atoms with E-state index in [1.807, 2.05) is 46.4 Å². The van der Waals surface area contributed by atoms with Crippen LogP contribution in [0.25, 0.3) is 27.1 Å². The van der Waals surface area contributed by atoms with Crippen molar-refractivity contribution < 1.29 is 4.79 Å². The molecule has 0 bridgehead atoms. The molecular formula is C21H15N5O2S. The molecule has 3 aromatic heterocycles. The van der Waals surface area contributed by atoms with Gasteiger partial charge in [-0.2, -0.15) is 0 Å². The lowest BCUT2D eigenvalue weighted by atomic mass is 10.1. The number of para-hydroxylation sites is 1. The minimum Gasteiger partial charge on any atom is -0.325 e. The Morgan fingerprint density at radius 3 is 2.93 bits per heavy atom. The summed E-state index contributed by atoms with van der Waals surface area (Å²) in [6.07, 6.45) is 5.31. The Kier molecular flexibility index (Phi) is 4.18. The van der Waals surface area contributed by atoms with Crippen molar-refractivity contribution in [2.45, 2.75) is 6.54 Å². The van der Waals surface area contributed by atoms with Gasteiger partial charge in [0.1, 0.15) is 6.54 Å². The maximum Gasteiger partial charge on any atom is 0.261 e. The predicted octanol–water partition coefficient (Wildman–Crippen LogP) is 3.41. The van der Waals surface area contributed by atoms with E-state index in [0.29, 0.717) is 16.6 Å². The Bertz CT molecular complexity index is 1390. The molecule has 1 amide bonds. The third kappa shape index (κ3) is 3.30. The number of carbonyl (C=O) groups excluding carboxylic acids is 1. The van der Waals surface area contributed by atoms with Gasteiger partial charge in [-0.05, 0) is 24.3 Å². The van der Waals surface area contributed by atoms with E-state index >= 15 is 0 Å². The van der Waals surface area contributed by atoms with Gasteiger partial charge >= 0.3 is 0 Å². The highest BCUT2D eigenvalue weighted by Gasteiger charge is 2.10. The zero-order valence-electron chi connectivity index (χ0n) is 15.1. The fourth-order valence-corrected chi connectivity index (χ4v) is 3.90. The predicted molar refractivity (Wildman–Crippen MR) is 113 cm³/mol. The zero-order valence-corrected chi connectivity index (χ0v) is 16.0. The van der Waals surface area contributed by atoms with Crippen LogP contribution in [0.1, 0.15) is 0 Å². The molecule has 0 saturated carbocycles. The smallest absolute Gasteiger partial charge is 0.261 e. The Balaban J connectivity index is 1.36. The van der Waals surface area contributed by atoms with Crippen LogP contribution in [0.15, 0.2) is 77.4 Å². The number of hydrogen-bond acceptors (Lipinski definition) is 5. The first kappa shape index (κ1) is 17.3. The molecule has 29 heavy (non-hydrogen) atoms. The summed E-state index contributed by atoms with van der Waals surface area (Å²) in [6, 6.07) is 14.6. The first-order valence-corrected chi connectivity index (χ1v) is 9.82. The molecule has 7 nitrogen and oxygen atoms in total. The van der Waals surface area contributed by atoms with E-state index in [4.69, 9.17) is 0 Å². The number of aromatic nitrogens is 4. The number of anilines is 1. The number of hydrogen-bond donors (Lipinski definition) is 1. The normalized spacial score (nSPS) is 11.2. The lowest BCUT2D eigenvalue weighted by molar-refractivity contribution is -0.116. The number of fused-ring (bicyclic) bond motifs is 2. The van der Waals surface area contributed by atoms with Crippen LogP contribution in [0.2, 0.25) is 0 Å². The Labute approximate surface area is 168 Å². The number of imidazole rings is 1. The second-order valence-corrected chi connectivity index (χ2v) is 7.42. The van der Waals surface area contributed by atoms with Gasteiger partial charge in [0.2, 0.25) is 5.91 Å². The van der Waals surface area contributed by atoms with E-state index in [1.54, 1.807) is 35.6 Å². The fourth-order valence-electron chi connectivity index (χ4n) is 3.20. The minimum atomic E-state index is -0.299. The van der Waals surface area contributed by atoms with Crippen LogP contribution in [0.4, 0.5) is 5.69 Å².